The van der Waals surface area contributed by atoms with E-state index in [-0.39, 0.29) is 0 Å². The summed E-state index contributed by atoms with van der Waals surface area (Å²) in [6, 6.07) is 58.8. The molecule has 4 nitrogen and oxygen atoms in total. The number of benzene rings is 8. The summed E-state index contributed by atoms with van der Waals surface area (Å²) >= 11 is 0. The van der Waals surface area contributed by atoms with Crippen molar-refractivity contribution in [1.29, 1.82) is 5.26 Å². The van der Waals surface area contributed by atoms with Crippen LogP contribution in [0.2, 0.25) is 0 Å². The lowest BCUT2D eigenvalue weighted by Gasteiger charge is -2.16. The number of hydrogen-bond donors (Lipinski definition) is 0. The van der Waals surface area contributed by atoms with E-state index in [9.17, 15) is 5.26 Å². The van der Waals surface area contributed by atoms with Gasteiger partial charge in [0.2, 0.25) is 0 Å². The third-order valence-electron chi connectivity index (χ3n) is 11.2. The maximum atomic E-state index is 10.3. The monoisotopic (exact) mass is 698 g/mol. The average Bonchev–Trinajstić information content (AvgIpc) is 3.61. The third kappa shape index (κ3) is 4.77. The van der Waals surface area contributed by atoms with E-state index in [1.165, 1.54) is 38.2 Å². The summed E-state index contributed by atoms with van der Waals surface area (Å²) in [4.78, 5) is 8.89. The molecule has 11 aromatic rings. The van der Waals surface area contributed by atoms with Gasteiger partial charge in [0.05, 0.1) is 22.7 Å². The van der Waals surface area contributed by atoms with Gasteiger partial charge in [-0.05, 0) is 109 Å². The van der Waals surface area contributed by atoms with Crippen LogP contribution in [0.3, 0.4) is 0 Å². The summed E-state index contributed by atoms with van der Waals surface area (Å²) in [6.45, 7) is 0. The highest BCUT2D eigenvalue weighted by Gasteiger charge is 2.22. The van der Waals surface area contributed by atoms with Crippen molar-refractivity contribution in [2.75, 3.05) is 0 Å². The summed E-state index contributed by atoms with van der Waals surface area (Å²) in [5.41, 5.74) is 12.8. The van der Waals surface area contributed by atoms with E-state index in [0.29, 0.717) is 5.56 Å². The van der Waals surface area contributed by atoms with Crippen molar-refractivity contribution in [3.05, 3.63) is 188 Å². The van der Waals surface area contributed by atoms with Gasteiger partial charge in [0.25, 0.3) is 0 Å². The van der Waals surface area contributed by atoms with Crippen molar-refractivity contribution >= 4 is 54.1 Å². The molecule has 0 aliphatic rings. The Bertz CT molecular complexity index is 3260. The van der Waals surface area contributed by atoms with Crippen LogP contribution in [0.25, 0.3) is 104 Å². The minimum absolute atomic E-state index is 0.670. The van der Waals surface area contributed by atoms with Gasteiger partial charge in [0.1, 0.15) is 0 Å². The lowest BCUT2D eigenvalue weighted by Crippen LogP contribution is -1.96. The molecule has 0 bridgehead atoms. The Morgan fingerprint density at radius 1 is 0.418 bits per heavy atom. The Morgan fingerprint density at radius 2 is 0.964 bits per heavy atom. The van der Waals surface area contributed by atoms with E-state index in [1.54, 1.807) is 12.4 Å². The van der Waals surface area contributed by atoms with Gasteiger partial charge in [-0.2, -0.15) is 5.26 Å². The van der Waals surface area contributed by atoms with Crippen LogP contribution in [0.1, 0.15) is 5.56 Å². The smallest absolute Gasteiger partial charge is 0.0998 e. The van der Waals surface area contributed by atoms with Gasteiger partial charge >= 0.3 is 0 Å². The van der Waals surface area contributed by atoms with Crippen LogP contribution in [0.15, 0.2) is 183 Å². The van der Waals surface area contributed by atoms with Crippen LogP contribution in [-0.2, 0) is 0 Å². The van der Waals surface area contributed by atoms with Crippen molar-refractivity contribution in [1.82, 2.24) is 14.5 Å². The predicted molar refractivity (Wildman–Crippen MR) is 227 cm³/mol. The first-order chi connectivity index (χ1) is 27.2. The summed E-state index contributed by atoms with van der Waals surface area (Å²) < 4.78 is 2.36. The number of pyridine rings is 2. The quantitative estimate of drug-likeness (QED) is 0.168. The maximum absolute atomic E-state index is 10.3. The molecule has 0 radical (unpaired) electrons. The van der Waals surface area contributed by atoms with E-state index in [4.69, 9.17) is 0 Å². The zero-order valence-electron chi connectivity index (χ0n) is 29.6. The van der Waals surface area contributed by atoms with Crippen molar-refractivity contribution < 1.29 is 0 Å². The molecule has 0 aliphatic carbocycles. The van der Waals surface area contributed by atoms with E-state index in [1.807, 2.05) is 30.6 Å². The molecule has 0 saturated heterocycles. The average molecular weight is 699 g/mol. The maximum Gasteiger partial charge on any atom is 0.0998 e. The van der Waals surface area contributed by atoms with Crippen LogP contribution in [0.5, 0.6) is 0 Å². The van der Waals surface area contributed by atoms with Crippen molar-refractivity contribution in [3.63, 3.8) is 0 Å². The highest BCUT2D eigenvalue weighted by atomic mass is 15.0. The molecule has 55 heavy (non-hydrogen) atoms. The van der Waals surface area contributed by atoms with Crippen molar-refractivity contribution in [3.8, 4) is 56.3 Å². The van der Waals surface area contributed by atoms with E-state index >= 15 is 0 Å². The zero-order valence-corrected chi connectivity index (χ0v) is 29.6. The number of nitrogens with zero attached hydrogens (tertiary/aromatic N) is 4. The standard InChI is InChI=1S/C51H30N4/c52-29-33-16-22-48-50-40(33)17-20-47-46(45-19-18-44(42-13-3-4-14-43(42)45)41-15-5-9-32-8-1-2-12-39(32)41)21-23-49(51(47)50)55(48)38-27-36(34-10-6-24-53-30-34)26-37(28-38)35-11-7-25-54-31-35/h1-28,30-31H. The van der Waals surface area contributed by atoms with Crippen LogP contribution in [0.4, 0.5) is 0 Å². The summed E-state index contributed by atoms with van der Waals surface area (Å²) in [5.74, 6) is 0. The number of hydrogen-bond acceptors (Lipinski definition) is 3. The fourth-order valence-corrected chi connectivity index (χ4v) is 8.74. The molecule has 8 aromatic carbocycles. The number of aromatic nitrogens is 3. The fourth-order valence-electron chi connectivity index (χ4n) is 8.74. The van der Waals surface area contributed by atoms with Gasteiger partial charge in [0.15, 0.2) is 0 Å². The first kappa shape index (κ1) is 31.0. The molecule has 0 saturated carbocycles. The minimum atomic E-state index is 0.670. The number of nitriles is 1. The minimum Gasteiger partial charge on any atom is -0.309 e. The highest BCUT2D eigenvalue weighted by Crippen LogP contribution is 2.46. The second-order valence-electron chi connectivity index (χ2n) is 14.1. The predicted octanol–water partition coefficient (Wildman–Crippen LogP) is 13.0. The Morgan fingerprint density at radius 3 is 1.62 bits per heavy atom. The highest BCUT2D eigenvalue weighted by molar-refractivity contribution is 6.28. The van der Waals surface area contributed by atoms with E-state index < -0.39 is 0 Å². The molecule has 4 heteroatoms. The Hall–Kier alpha value is -7.61. The van der Waals surface area contributed by atoms with Crippen LogP contribution >= 0.6 is 0 Å². The van der Waals surface area contributed by atoms with Gasteiger partial charge in [-0.1, -0.05) is 109 Å². The normalized spacial score (nSPS) is 11.6. The molecule has 0 N–H and O–H groups in total. The zero-order chi connectivity index (χ0) is 36.5. The second-order valence-corrected chi connectivity index (χ2v) is 14.1. The summed E-state index contributed by atoms with van der Waals surface area (Å²) in [7, 11) is 0. The van der Waals surface area contributed by atoms with Gasteiger partial charge in [-0.15, -0.1) is 0 Å². The van der Waals surface area contributed by atoms with Gasteiger partial charge in [-0.3, -0.25) is 9.97 Å². The molecule has 3 heterocycles. The first-order valence-electron chi connectivity index (χ1n) is 18.4. The molecule has 0 spiro atoms. The molecule has 11 rings (SSSR count). The second kappa shape index (κ2) is 12.2. The molecule has 0 fully saturated rings. The summed E-state index contributed by atoms with van der Waals surface area (Å²) in [6.07, 6.45) is 7.43. The van der Waals surface area contributed by atoms with Crippen LogP contribution in [0, 0.1) is 11.3 Å². The van der Waals surface area contributed by atoms with Crippen LogP contribution in [-0.4, -0.2) is 14.5 Å². The lowest BCUT2D eigenvalue weighted by atomic mass is 9.88. The molecule has 254 valence electrons. The SMILES string of the molecule is N#Cc1ccc2c3c1ccc1c(-c4ccc(-c5cccc6ccccc56)c5ccccc45)ccc(c13)n2-c1cc(-c2cccnc2)cc(-c2cccnc2)c1. The largest absolute Gasteiger partial charge is 0.309 e. The van der Waals surface area contributed by atoms with Gasteiger partial charge in [0, 0.05) is 57.8 Å². The van der Waals surface area contributed by atoms with E-state index in [2.05, 4.69) is 160 Å². The molecule has 3 aromatic heterocycles. The van der Waals surface area contributed by atoms with Gasteiger partial charge < -0.3 is 4.57 Å². The van der Waals surface area contributed by atoms with Crippen LogP contribution < -0.4 is 0 Å². The third-order valence-corrected chi connectivity index (χ3v) is 11.2. The molecular formula is C51H30N4. The molecule has 0 amide bonds. The van der Waals surface area contributed by atoms with Crippen molar-refractivity contribution in [2.24, 2.45) is 0 Å². The number of fused-ring (bicyclic) bond motifs is 2. The Kier molecular flexibility index (Phi) is 6.89. The summed E-state index contributed by atoms with van der Waals surface area (Å²) in [5, 5.41) is 19.5. The first-order valence-corrected chi connectivity index (χ1v) is 18.4. The number of rotatable bonds is 5. The van der Waals surface area contributed by atoms with Crippen molar-refractivity contribution in [2.45, 2.75) is 0 Å². The van der Waals surface area contributed by atoms with E-state index in [0.717, 1.165) is 66.1 Å². The topological polar surface area (TPSA) is 54.5 Å². The molecule has 0 aliphatic heterocycles. The molecular weight excluding hydrogens is 669 g/mol. The molecule has 0 atom stereocenters. The lowest BCUT2D eigenvalue weighted by molar-refractivity contribution is 1.18. The molecule has 0 unspecified atom stereocenters. The van der Waals surface area contributed by atoms with Gasteiger partial charge in [-0.25, -0.2) is 0 Å². The Labute approximate surface area is 317 Å². The fraction of sp³-hybridized carbons (Fsp3) is 0. The Balaban J connectivity index is 1.19.